The number of aliphatic imine (C=N–C) groups is 1. The van der Waals surface area contributed by atoms with Gasteiger partial charge in [0.1, 0.15) is 5.01 Å². The molecule has 0 radical (unpaired) electrons. The molecule has 3 heterocycles. The number of piperidine rings is 1. The van der Waals surface area contributed by atoms with Crippen LogP contribution in [0.25, 0.3) is 0 Å². The Balaban J connectivity index is 1.35. The average Bonchev–Trinajstić information content (AvgIpc) is 3.29. The van der Waals surface area contributed by atoms with Crippen molar-refractivity contribution in [2.45, 2.75) is 77.2 Å². The predicted molar refractivity (Wildman–Crippen MR) is 121 cm³/mol. The van der Waals surface area contributed by atoms with Crippen molar-refractivity contribution in [2.75, 3.05) is 6.54 Å². The Kier molecular flexibility index (Phi) is 6.82. The second-order valence-corrected chi connectivity index (χ2v) is 9.32. The summed E-state index contributed by atoms with van der Waals surface area (Å²) in [6, 6.07) is 12.8. The molecule has 4 rings (SSSR count). The molecule has 29 heavy (non-hydrogen) atoms. The quantitative estimate of drug-likeness (QED) is 0.535. The molecule has 2 aliphatic rings. The molecule has 2 unspecified atom stereocenters. The monoisotopic (exact) mass is 411 g/mol. The largest absolute Gasteiger partial charge is 0.357 e. The molecule has 2 atom stereocenters. The molecular formula is C23H33N5S. The number of aryl methyl sites for hydroxylation is 1. The molecule has 2 aliphatic heterocycles. The third-order valence-corrected chi connectivity index (χ3v) is 7.23. The van der Waals surface area contributed by atoms with E-state index in [1.165, 1.54) is 36.1 Å². The zero-order valence-electron chi connectivity index (χ0n) is 17.6. The highest BCUT2D eigenvalue weighted by Gasteiger charge is 2.40. The summed E-state index contributed by atoms with van der Waals surface area (Å²) in [6.07, 6.45) is 8.07. The summed E-state index contributed by atoms with van der Waals surface area (Å²) in [7, 11) is 0. The van der Waals surface area contributed by atoms with Gasteiger partial charge < -0.3 is 10.6 Å². The van der Waals surface area contributed by atoms with Crippen molar-refractivity contribution < 1.29 is 0 Å². The molecule has 0 amide bonds. The lowest BCUT2D eigenvalue weighted by molar-refractivity contribution is 0.114. The molecule has 2 aromatic rings. The molecule has 0 saturated carbocycles. The minimum absolute atomic E-state index is 0.500. The standard InChI is InChI=1S/C23H33N5S/c1-3-21-14-25-22(29-21)15-26-23(24-4-2)27-18-12-19-10-11-20(13-18)28(19)16-17-8-6-5-7-9-17/h5-9,14,18-20H,3-4,10-13,15-16H2,1-2H3,(H2,24,26,27). The third kappa shape index (κ3) is 5.17. The van der Waals surface area contributed by atoms with Gasteiger partial charge in [-0.05, 0) is 44.6 Å². The summed E-state index contributed by atoms with van der Waals surface area (Å²) in [4.78, 5) is 13.4. The van der Waals surface area contributed by atoms with E-state index in [-0.39, 0.29) is 0 Å². The number of fused-ring (bicyclic) bond motifs is 2. The first-order valence-corrected chi connectivity index (χ1v) is 11.8. The lowest BCUT2D eigenvalue weighted by Crippen LogP contribution is -2.52. The van der Waals surface area contributed by atoms with Crippen molar-refractivity contribution in [1.82, 2.24) is 20.5 Å². The minimum atomic E-state index is 0.500. The van der Waals surface area contributed by atoms with E-state index in [0.717, 1.165) is 30.5 Å². The maximum atomic E-state index is 4.81. The Bertz CT molecular complexity index is 789. The molecular weight excluding hydrogens is 378 g/mol. The molecule has 5 nitrogen and oxygen atoms in total. The zero-order chi connectivity index (χ0) is 20.1. The fourth-order valence-electron chi connectivity index (χ4n) is 4.69. The van der Waals surface area contributed by atoms with E-state index in [4.69, 9.17) is 4.99 Å². The van der Waals surface area contributed by atoms with Gasteiger partial charge in [-0.3, -0.25) is 4.90 Å². The summed E-state index contributed by atoms with van der Waals surface area (Å²) in [5, 5.41) is 8.24. The van der Waals surface area contributed by atoms with Crippen LogP contribution in [0.15, 0.2) is 41.5 Å². The summed E-state index contributed by atoms with van der Waals surface area (Å²) < 4.78 is 0. The number of thiazole rings is 1. The van der Waals surface area contributed by atoms with Crippen LogP contribution in [-0.4, -0.2) is 40.5 Å². The number of hydrogen-bond acceptors (Lipinski definition) is 4. The van der Waals surface area contributed by atoms with Gasteiger partial charge in [-0.1, -0.05) is 37.3 Å². The zero-order valence-corrected chi connectivity index (χ0v) is 18.4. The van der Waals surface area contributed by atoms with Crippen LogP contribution in [0.4, 0.5) is 0 Å². The third-order valence-electron chi connectivity index (χ3n) is 6.10. The topological polar surface area (TPSA) is 52.6 Å². The summed E-state index contributed by atoms with van der Waals surface area (Å²) in [5.74, 6) is 0.932. The fourth-order valence-corrected chi connectivity index (χ4v) is 5.48. The number of nitrogens with one attached hydrogen (secondary N) is 2. The molecule has 2 N–H and O–H groups in total. The van der Waals surface area contributed by atoms with Crippen LogP contribution in [0, 0.1) is 0 Å². The van der Waals surface area contributed by atoms with Crippen LogP contribution < -0.4 is 10.6 Å². The maximum absolute atomic E-state index is 4.81. The molecule has 0 aliphatic carbocycles. The molecule has 2 fully saturated rings. The van der Waals surface area contributed by atoms with Crippen molar-refractivity contribution in [3.63, 3.8) is 0 Å². The summed E-state index contributed by atoms with van der Waals surface area (Å²) >= 11 is 1.77. The summed E-state index contributed by atoms with van der Waals surface area (Å²) in [5.41, 5.74) is 1.43. The van der Waals surface area contributed by atoms with Crippen molar-refractivity contribution in [3.05, 3.63) is 52.0 Å². The fraction of sp³-hybridized carbons (Fsp3) is 0.565. The van der Waals surface area contributed by atoms with Crippen LogP contribution in [0.5, 0.6) is 0 Å². The van der Waals surface area contributed by atoms with E-state index < -0.39 is 0 Å². The molecule has 156 valence electrons. The van der Waals surface area contributed by atoms with Gasteiger partial charge in [0.25, 0.3) is 0 Å². The molecule has 2 bridgehead atoms. The van der Waals surface area contributed by atoms with E-state index in [2.05, 4.69) is 64.7 Å². The predicted octanol–water partition coefficient (Wildman–Crippen LogP) is 3.96. The SMILES string of the molecule is CCNC(=NCc1ncc(CC)s1)NC1CC2CCC(C1)N2Cc1ccccc1. The smallest absolute Gasteiger partial charge is 0.191 e. The highest BCUT2D eigenvalue weighted by atomic mass is 32.1. The van der Waals surface area contributed by atoms with Crippen molar-refractivity contribution in [2.24, 2.45) is 4.99 Å². The van der Waals surface area contributed by atoms with E-state index in [1.54, 1.807) is 11.3 Å². The van der Waals surface area contributed by atoms with E-state index in [9.17, 15) is 0 Å². The molecule has 2 saturated heterocycles. The second kappa shape index (κ2) is 9.72. The molecule has 6 heteroatoms. The first-order valence-electron chi connectivity index (χ1n) is 11.0. The van der Waals surface area contributed by atoms with Gasteiger partial charge in [0.15, 0.2) is 5.96 Å². The van der Waals surface area contributed by atoms with Gasteiger partial charge >= 0.3 is 0 Å². The maximum Gasteiger partial charge on any atom is 0.191 e. The lowest BCUT2D eigenvalue weighted by Gasteiger charge is -2.39. The average molecular weight is 412 g/mol. The summed E-state index contributed by atoms with van der Waals surface area (Å²) in [6.45, 7) is 6.91. The van der Waals surface area contributed by atoms with E-state index in [1.807, 2.05) is 6.20 Å². The molecule has 1 aromatic carbocycles. The first-order chi connectivity index (χ1) is 14.2. The van der Waals surface area contributed by atoms with E-state index in [0.29, 0.717) is 24.7 Å². The minimum Gasteiger partial charge on any atom is -0.357 e. The highest BCUT2D eigenvalue weighted by Crippen LogP contribution is 2.36. The second-order valence-electron chi connectivity index (χ2n) is 8.12. The number of hydrogen-bond donors (Lipinski definition) is 2. The number of guanidine groups is 1. The lowest BCUT2D eigenvalue weighted by atomic mass is 9.96. The Labute approximate surface area is 178 Å². The van der Waals surface area contributed by atoms with Gasteiger partial charge in [-0.2, -0.15) is 0 Å². The molecule has 1 aromatic heterocycles. The Morgan fingerprint density at radius 1 is 1.17 bits per heavy atom. The van der Waals surface area contributed by atoms with Crippen LogP contribution in [-0.2, 0) is 19.5 Å². The van der Waals surface area contributed by atoms with Gasteiger partial charge in [-0.15, -0.1) is 11.3 Å². The van der Waals surface area contributed by atoms with Gasteiger partial charge in [0.05, 0.1) is 6.54 Å². The van der Waals surface area contributed by atoms with Crippen molar-refractivity contribution in [1.29, 1.82) is 0 Å². The van der Waals surface area contributed by atoms with Crippen LogP contribution in [0.1, 0.15) is 55.0 Å². The molecule has 0 spiro atoms. The Morgan fingerprint density at radius 2 is 1.93 bits per heavy atom. The van der Waals surface area contributed by atoms with Crippen LogP contribution in [0.2, 0.25) is 0 Å². The first kappa shape index (κ1) is 20.4. The van der Waals surface area contributed by atoms with Crippen LogP contribution in [0.3, 0.4) is 0 Å². The number of rotatable bonds is 7. The Morgan fingerprint density at radius 3 is 2.59 bits per heavy atom. The normalized spacial score (nSPS) is 24.6. The highest BCUT2D eigenvalue weighted by molar-refractivity contribution is 7.11. The number of aromatic nitrogens is 1. The Hall–Kier alpha value is -1.92. The van der Waals surface area contributed by atoms with Crippen molar-refractivity contribution in [3.8, 4) is 0 Å². The van der Waals surface area contributed by atoms with Gasteiger partial charge in [0, 0.05) is 42.3 Å². The number of benzene rings is 1. The number of nitrogens with zero attached hydrogens (tertiary/aromatic N) is 3. The van der Waals surface area contributed by atoms with Crippen LogP contribution >= 0.6 is 11.3 Å². The van der Waals surface area contributed by atoms with Gasteiger partial charge in [0.2, 0.25) is 0 Å². The van der Waals surface area contributed by atoms with Gasteiger partial charge in [-0.25, -0.2) is 9.98 Å². The van der Waals surface area contributed by atoms with Crippen molar-refractivity contribution >= 4 is 17.3 Å². The van der Waals surface area contributed by atoms with E-state index >= 15 is 0 Å².